The zero-order chi connectivity index (χ0) is 51.3. The summed E-state index contributed by atoms with van der Waals surface area (Å²) in [5.74, 6) is -1.92. The van der Waals surface area contributed by atoms with Gasteiger partial charge >= 0.3 is 12.1 Å². The Kier molecular flexibility index (Phi) is 38.0. The van der Waals surface area contributed by atoms with Crippen LogP contribution in [0.3, 0.4) is 0 Å². The molecule has 0 N–H and O–H groups in total. The summed E-state index contributed by atoms with van der Waals surface area (Å²) in [4.78, 5) is 0. The molecule has 0 heterocycles. The molecule has 0 saturated heterocycles. The molecule has 7 heteroatoms. The quantitative estimate of drug-likeness (QED) is 0.0450. The van der Waals surface area contributed by atoms with Crippen LogP contribution in [0.1, 0.15) is 353 Å². The van der Waals surface area contributed by atoms with Gasteiger partial charge in [0.05, 0.1) is 22.4 Å². The molecule has 0 aromatic heterocycles. The Bertz CT molecular complexity index is 1050. The maximum atomic E-state index is 15.1. The summed E-state index contributed by atoms with van der Waals surface area (Å²) in [5, 5.41) is 0. The van der Waals surface area contributed by atoms with Crippen LogP contribution in [0.15, 0.2) is 0 Å². The third kappa shape index (κ3) is 34.9. The van der Waals surface area contributed by atoms with Crippen molar-refractivity contribution < 1.29 is 32.1 Å². The molecule has 1 unspecified atom stereocenters. The second-order valence-corrected chi connectivity index (χ2v) is 24.1. The minimum absolute atomic E-state index is 0.291. The summed E-state index contributed by atoms with van der Waals surface area (Å²) < 4.78 is 76.1. The van der Waals surface area contributed by atoms with E-state index in [0.717, 1.165) is 109 Å². The minimum Gasteiger partial charge on any atom is -0.361 e. The van der Waals surface area contributed by atoms with Crippen LogP contribution in [0.25, 0.3) is 0 Å². The summed E-state index contributed by atoms with van der Waals surface area (Å²) in [5.41, 5.74) is -4.63. The third-order valence-electron chi connectivity index (χ3n) is 14.5. The van der Waals surface area contributed by atoms with Crippen molar-refractivity contribution in [3.63, 3.8) is 0 Å². The lowest BCUT2D eigenvalue weighted by molar-refractivity contribution is -0.512. The molecule has 0 saturated carbocycles. The highest BCUT2D eigenvalue weighted by Gasteiger charge is 2.64. The first-order valence-corrected chi connectivity index (χ1v) is 30.0. The highest BCUT2D eigenvalue weighted by molar-refractivity contribution is 4.99. The molecule has 68 heavy (non-hydrogen) atoms. The van der Waals surface area contributed by atoms with Crippen molar-refractivity contribution in [2.75, 3.05) is 0 Å². The lowest BCUT2D eigenvalue weighted by Gasteiger charge is -2.57. The number of alkyl halides is 3. The fourth-order valence-electron chi connectivity index (χ4n) is 10.3. The van der Waals surface area contributed by atoms with Gasteiger partial charge in [-0.3, -0.25) is 0 Å². The van der Waals surface area contributed by atoms with Crippen molar-refractivity contribution in [3.05, 3.63) is 0 Å². The fourth-order valence-corrected chi connectivity index (χ4v) is 10.3. The number of ether oxygens (including phenoxy) is 4. The summed E-state index contributed by atoms with van der Waals surface area (Å²) in [7, 11) is 0. The monoisotopic (exact) mass is 975 g/mol. The molecule has 0 aromatic rings. The van der Waals surface area contributed by atoms with Gasteiger partial charge in [0.1, 0.15) is 0 Å². The lowest BCUT2D eigenvalue weighted by atomic mass is 9.83. The van der Waals surface area contributed by atoms with Gasteiger partial charge in [-0.2, -0.15) is 13.2 Å². The van der Waals surface area contributed by atoms with Gasteiger partial charge in [0.25, 0.3) is 0 Å². The molecular formula is C61H121F3O4. The van der Waals surface area contributed by atoms with Crippen LogP contribution in [-0.4, -0.2) is 40.2 Å². The second-order valence-electron chi connectivity index (χ2n) is 24.1. The Balaban J connectivity index is 7.85. The van der Waals surface area contributed by atoms with Gasteiger partial charge in [-0.15, -0.1) is 0 Å². The molecule has 0 aliphatic carbocycles. The van der Waals surface area contributed by atoms with Crippen LogP contribution in [0.5, 0.6) is 0 Å². The first kappa shape index (κ1) is 67.6. The van der Waals surface area contributed by atoms with Crippen LogP contribution in [0, 0.1) is 0 Å². The van der Waals surface area contributed by atoms with Crippen molar-refractivity contribution in [2.24, 2.45) is 0 Å². The molecule has 0 aliphatic rings. The van der Waals surface area contributed by atoms with E-state index in [0.29, 0.717) is 12.8 Å². The standard InChI is InChI=1S/C61H121F3O4/c1-14-19-24-29-34-38-43-48-55(6,7)65-59(53-54-60(62,63)64,52-47-42-33-28-23-18-5)61(66-56(8,9)49-44-39-35-30-25-20-15-2,67-57(10,11)50-45-40-36-31-26-21-16-3)68-58(12,13)51-46-41-37-32-27-22-17-4/h14-54H2,1-13H3. The van der Waals surface area contributed by atoms with Gasteiger partial charge in [-0.25, -0.2) is 0 Å². The molecule has 0 fully saturated rings. The smallest absolute Gasteiger partial charge is 0.361 e. The molecule has 0 spiro atoms. The first-order valence-electron chi connectivity index (χ1n) is 30.0. The number of halogens is 3. The predicted molar refractivity (Wildman–Crippen MR) is 290 cm³/mol. The Morgan fingerprint density at radius 3 is 0.676 bits per heavy atom. The predicted octanol–water partition coefficient (Wildman–Crippen LogP) is 22.2. The zero-order valence-electron chi connectivity index (χ0n) is 48.3. The molecule has 410 valence electrons. The van der Waals surface area contributed by atoms with E-state index in [1.54, 1.807) is 0 Å². The largest absolute Gasteiger partial charge is 0.389 e. The molecular weight excluding hydrogens is 854 g/mol. The molecule has 0 aliphatic heterocycles. The van der Waals surface area contributed by atoms with Gasteiger partial charge in [0.2, 0.25) is 0 Å². The van der Waals surface area contributed by atoms with E-state index in [1.807, 2.05) is 0 Å². The fraction of sp³-hybridized carbons (Fsp3) is 1.00. The third-order valence-corrected chi connectivity index (χ3v) is 14.5. The van der Waals surface area contributed by atoms with E-state index in [1.165, 1.54) is 128 Å². The molecule has 1 atom stereocenters. The van der Waals surface area contributed by atoms with E-state index in [2.05, 4.69) is 90.0 Å². The van der Waals surface area contributed by atoms with Crippen molar-refractivity contribution in [1.82, 2.24) is 0 Å². The number of rotatable bonds is 50. The summed E-state index contributed by atoms with van der Waals surface area (Å²) in [6, 6.07) is 0. The Morgan fingerprint density at radius 1 is 0.235 bits per heavy atom. The Morgan fingerprint density at radius 2 is 0.441 bits per heavy atom. The van der Waals surface area contributed by atoms with E-state index < -0.39 is 46.6 Å². The van der Waals surface area contributed by atoms with Crippen LogP contribution in [0.2, 0.25) is 0 Å². The van der Waals surface area contributed by atoms with Crippen LogP contribution in [-0.2, 0) is 18.9 Å². The molecule has 0 aromatic carbocycles. The summed E-state index contributed by atoms with van der Waals surface area (Å²) in [6.07, 6.45) is 36.5. The Labute approximate surface area is 424 Å². The van der Waals surface area contributed by atoms with E-state index in [9.17, 15) is 0 Å². The van der Waals surface area contributed by atoms with E-state index in [4.69, 9.17) is 18.9 Å². The molecule has 0 bridgehead atoms. The topological polar surface area (TPSA) is 36.9 Å². The zero-order valence-corrected chi connectivity index (χ0v) is 48.3. The van der Waals surface area contributed by atoms with Gasteiger partial charge in [-0.1, -0.05) is 253 Å². The maximum absolute atomic E-state index is 15.1. The molecule has 0 radical (unpaired) electrons. The van der Waals surface area contributed by atoms with Crippen LogP contribution in [0.4, 0.5) is 13.2 Å². The first-order chi connectivity index (χ1) is 32.1. The van der Waals surface area contributed by atoms with Gasteiger partial charge < -0.3 is 18.9 Å². The molecule has 4 nitrogen and oxygen atoms in total. The van der Waals surface area contributed by atoms with Crippen molar-refractivity contribution in [3.8, 4) is 0 Å². The Hall–Kier alpha value is -0.370. The van der Waals surface area contributed by atoms with Gasteiger partial charge in [-0.05, 0) is 93.9 Å². The highest BCUT2D eigenvalue weighted by atomic mass is 19.4. The highest BCUT2D eigenvalue weighted by Crippen LogP contribution is 2.52. The van der Waals surface area contributed by atoms with Crippen LogP contribution < -0.4 is 0 Å². The molecule has 0 amide bonds. The lowest BCUT2D eigenvalue weighted by Crippen LogP contribution is -2.69. The second kappa shape index (κ2) is 38.2. The average molecular weight is 976 g/mol. The number of unbranched alkanes of at least 4 members (excludes halogenated alkanes) is 29. The van der Waals surface area contributed by atoms with Crippen molar-refractivity contribution in [1.29, 1.82) is 0 Å². The number of hydrogen-bond donors (Lipinski definition) is 0. The van der Waals surface area contributed by atoms with Gasteiger partial charge in [0.15, 0.2) is 5.60 Å². The van der Waals surface area contributed by atoms with Crippen molar-refractivity contribution in [2.45, 2.75) is 393 Å². The van der Waals surface area contributed by atoms with Crippen LogP contribution >= 0.6 is 0 Å². The van der Waals surface area contributed by atoms with E-state index >= 15 is 13.2 Å². The number of hydrogen-bond acceptors (Lipinski definition) is 4. The SMILES string of the molecule is CCCCCCCCCC(C)(C)OC(CCCCCCCC)(CCC(F)(F)F)C(OC(C)(C)CCCCCCCCC)(OC(C)(C)CCCCCCCCC)OC(C)(C)CCCCCCCCC. The van der Waals surface area contributed by atoms with Crippen molar-refractivity contribution >= 4 is 0 Å². The average Bonchev–Trinajstić information content (AvgIpc) is 3.24. The normalized spacial score (nSPS) is 14.3. The maximum Gasteiger partial charge on any atom is 0.389 e. The minimum atomic E-state index is -4.40. The van der Waals surface area contributed by atoms with E-state index in [-0.39, 0.29) is 6.42 Å². The summed E-state index contributed by atoms with van der Waals surface area (Å²) >= 11 is 0. The van der Waals surface area contributed by atoms with Gasteiger partial charge in [0, 0.05) is 6.42 Å². The molecule has 0 rings (SSSR count). The summed E-state index contributed by atoms with van der Waals surface area (Å²) in [6.45, 7) is 28.2.